The van der Waals surface area contributed by atoms with E-state index in [0.717, 1.165) is 67.0 Å². The number of carbonyl (C=O) groups excluding carboxylic acids is 1. The lowest BCUT2D eigenvalue weighted by Gasteiger charge is -2.34. The Morgan fingerprint density at radius 3 is 1.73 bits per heavy atom. The summed E-state index contributed by atoms with van der Waals surface area (Å²) in [5.74, 6) is 0.0968. The third kappa shape index (κ3) is 4.29. The Morgan fingerprint density at radius 2 is 1.00 bits per heavy atom. The molecular formula is C39H29NO. The third-order valence-corrected chi connectivity index (χ3v) is 8.30. The molecule has 0 saturated heterocycles. The second-order valence-corrected chi connectivity index (χ2v) is 11.2. The molecule has 0 atom stereocenters. The van der Waals surface area contributed by atoms with E-state index in [2.05, 4.69) is 105 Å². The van der Waals surface area contributed by atoms with Crippen LogP contribution in [-0.2, 0) is 5.41 Å². The van der Waals surface area contributed by atoms with Crippen LogP contribution in [0.15, 0.2) is 140 Å². The van der Waals surface area contributed by atoms with Crippen LogP contribution in [0.3, 0.4) is 0 Å². The van der Waals surface area contributed by atoms with Crippen LogP contribution < -0.4 is 0 Å². The first-order valence-electron chi connectivity index (χ1n) is 14.0. The molecule has 0 fully saturated rings. The highest BCUT2D eigenvalue weighted by molar-refractivity contribution is 6.13. The minimum absolute atomic E-state index is 0.0968. The average Bonchev–Trinajstić information content (AvgIpc) is 3.04. The summed E-state index contributed by atoms with van der Waals surface area (Å²) < 4.78 is 0. The molecule has 5 aromatic carbocycles. The molecule has 1 aromatic heterocycles. The third-order valence-electron chi connectivity index (χ3n) is 8.30. The van der Waals surface area contributed by atoms with E-state index in [0.29, 0.717) is 0 Å². The molecule has 1 aliphatic rings. The molecule has 1 heterocycles. The van der Waals surface area contributed by atoms with Gasteiger partial charge >= 0.3 is 0 Å². The van der Waals surface area contributed by atoms with Crippen LogP contribution in [0.2, 0.25) is 0 Å². The standard InChI is InChI=1S/C39H29NO/c1-39(2)34-20-12-11-19-32(34)38(41)33-22-21-28(23-35(33)39)30-17-9-10-18-31(30)37-25-29(26-13-5-3-6-14-26)24-36(40-37)27-15-7-4-8-16-27/h3-25H,1-2H3. The van der Waals surface area contributed by atoms with Crippen LogP contribution in [0.25, 0.3) is 44.8 Å². The summed E-state index contributed by atoms with van der Waals surface area (Å²) in [5.41, 5.74) is 11.9. The highest BCUT2D eigenvalue weighted by atomic mass is 16.1. The van der Waals surface area contributed by atoms with E-state index in [9.17, 15) is 4.79 Å². The first-order valence-corrected chi connectivity index (χ1v) is 14.0. The lowest BCUT2D eigenvalue weighted by Crippen LogP contribution is -2.30. The highest BCUT2D eigenvalue weighted by Crippen LogP contribution is 2.44. The molecule has 0 unspecified atom stereocenters. The molecule has 0 bridgehead atoms. The van der Waals surface area contributed by atoms with Crippen molar-refractivity contribution in [1.29, 1.82) is 0 Å². The largest absolute Gasteiger partial charge is 0.289 e. The number of ketones is 1. The van der Waals surface area contributed by atoms with Crippen molar-refractivity contribution in [2.45, 2.75) is 19.3 Å². The van der Waals surface area contributed by atoms with Gasteiger partial charge in [-0.1, -0.05) is 135 Å². The number of carbonyl (C=O) groups is 1. The summed E-state index contributed by atoms with van der Waals surface area (Å²) in [6.07, 6.45) is 0. The molecule has 41 heavy (non-hydrogen) atoms. The van der Waals surface area contributed by atoms with Crippen LogP contribution in [0.5, 0.6) is 0 Å². The van der Waals surface area contributed by atoms with Gasteiger partial charge in [0.2, 0.25) is 0 Å². The maximum atomic E-state index is 13.5. The van der Waals surface area contributed by atoms with Gasteiger partial charge in [0.05, 0.1) is 11.4 Å². The van der Waals surface area contributed by atoms with Gasteiger partial charge in [-0.2, -0.15) is 0 Å². The van der Waals surface area contributed by atoms with Crippen molar-refractivity contribution in [3.63, 3.8) is 0 Å². The van der Waals surface area contributed by atoms with Crippen LogP contribution in [0, 0.1) is 0 Å². The minimum Gasteiger partial charge on any atom is -0.289 e. The topological polar surface area (TPSA) is 30.0 Å². The highest BCUT2D eigenvalue weighted by Gasteiger charge is 2.36. The first-order chi connectivity index (χ1) is 20.0. The van der Waals surface area contributed by atoms with E-state index in [1.165, 1.54) is 0 Å². The van der Waals surface area contributed by atoms with E-state index >= 15 is 0 Å². The van der Waals surface area contributed by atoms with Crippen molar-refractivity contribution < 1.29 is 4.79 Å². The van der Waals surface area contributed by atoms with E-state index in [1.807, 2.05) is 48.5 Å². The van der Waals surface area contributed by atoms with Crippen LogP contribution in [0.1, 0.15) is 40.9 Å². The number of aromatic nitrogens is 1. The van der Waals surface area contributed by atoms with E-state index < -0.39 is 0 Å². The monoisotopic (exact) mass is 527 g/mol. The predicted molar refractivity (Wildman–Crippen MR) is 168 cm³/mol. The van der Waals surface area contributed by atoms with Crippen LogP contribution >= 0.6 is 0 Å². The van der Waals surface area contributed by atoms with E-state index in [4.69, 9.17) is 4.98 Å². The van der Waals surface area contributed by atoms with Gasteiger partial charge in [-0.05, 0) is 51.6 Å². The van der Waals surface area contributed by atoms with Gasteiger partial charge in [0.1, 0.15) is 0 Å². The zero-order valence-electron chi connectivity index (χ0n) is 23.1. The van der Waals surface area contributed by atoms with Gasteiger partial charge < -0.3 is 0 Å². The van der Waals surface area contributed by atoms with Crippen molar-refractivity contribution in [1.82, 2.24) is 4.98 Å². The molecule has 0 N–H and O–H groups in total. The smallest absolute Gasteiger partial charge is 0.193 e. The summed E-state index contributed by atoms with van der Waals surface area (Å²) >= 11 is 0. The maximum absolute atomic E-state index is 13.5. The zero-order chi connectivity index (χ0) is 28.0. The molecule has 7 rings (SSSR count). The van der Waals surface area contributed by atoms with Gasteiger partial charge in [0.15, 0.2) is 5.78 Å². The fourth-order valence-corrected chi connectivity index (χ4v) is 6.12. The molecular weight excluding hydrogens is 498 g/mol. The molecule has 0 amide bonds. The number of hydrogen-bond donors (Lipinski definition) is 0. The van der Waals surface area contributed by atoms with Crippen molar-refractivity contribution in [3.8, 4) is 44.8 Å². The van der Waals surface area contributed by atoms with E-state index in [-0.39, 0.29) is 11.2 Å². The number of fused-ring (bicyclic) bond motifs is 2. The molecule has 0 spiro atoms. The van der Waals surface area contributed by atoms with Crippen molar-refractivity contribution in [2.75, 3.05) is 0 Å². The Bertz CT molecular complexity index is 1860. The average molecular weight is 528 g/mol. The summed E-state index contributed by atoms with van der Waals surface area (Å²) in [6.45, 7) is 4.42. The number of nitrogens with zero attached hydrogens (tertiary/aromatic N) is 1. The van der Waals surface area contributed by atoms with Gasteiger partial charge in [-0.25, -0.2) is 4.98 Å². The Balaban J connectivity index is 1.41. The van der Waals surface area contributed by atoms with Gasteiger partial charge in [0, 0.05) is 27.7 Å². The molecule has 0 aliphatic heterocycles. The van der Waals surface area contributed by atoms with Crippen LogP contribution in [0.4, 0.5) is 0 Å². The minimum atomic E-state index is -0.295. The van der Waals surface area contributed by atoms with Crippen molar-refractivity contribution in [2.24, 2.45) is 0 Å². The number of hydrogen-bond acceptors (Lipinski definition) is 2. The molecule has 2 nitrogen and oxygen atoms in total. The lowest BCUT2D eigenvalue weighted by atomic mass is 9.68. The van der Waals surface area contributed by atoms with Gasteiger partial charge in [-0.3, -0.25) is 4.79 Å². The second kappa shape index (κ2) is 9.83. The molecule has 0 radical (unpaired) electrons. The Kier molecular flexibility index (Phi) is 5.98. The second-order valence-electron chi connectivity index (χ2n) is 11.2. The fourth-order valence-electron chi connectivity index (χ4n) is 6.12. The van der Waals surface area contributed by atoms with Gasteiger partial charge in [0.25, 0.3) is 0 Å². The summed E-state index contributed by atoms with van der Waals surface area (Å²) in [6, 6.07) is 47.9. The molecule has 2 heteroatoms. The van der Waals surface area contributed by atoms with Crippen molar-refractivity contribution in [3.05, 3.63) is 162 Å². The quantitative estimate of drug-likeness (QED) is 0.228. The number of pyridine rings is 1. The summed E-state index contributed by atoms with van der Waals surface area (Å²) in [7, 11) is 0. The first kappa shape index (κ1) is 24.9. The fraction of sp³-hybridized carbons (Fsp3) is 0.0769. The normalized spacial score (nSPS) is 13.4. The molecule has 1 aliphatic carbocycles. The Labute approximate surface area is 241 Å². The number of benzene rings is 5. The van der Waals surface area contributed by atoms with Crippen LogP contribution in [-0.4, -0.2) is 10.8 Å². The van der Waals surface area contributed by atoms with Crippen molar-refractivity contribution >= 4 is 5.78 Å². The summed E-state index contributed by atoms with van der Waals surface area (Å²) in [5, 5.41) is 0. The SMILES string of the molecule is CC1(C)c2ccccc2C(=O)c2ccc(-c3ccccc3-c3cc(-c4ccccc4)cc(-c4ccccc4)n3)cc21. The Morgan fingerprint density at radius 1 is 0.439 bits per heavy atom. The summed E-state index contributed by atoms with van der Waals surface area (Å²) in [4.78, 5) is 18.7. The molecule has 0 saturated carbocycles. The Hall–Kier alpha value is -5.08. The maximum Gasteiger partial charge on any atom is 0.193 e. The predicted octanol–water partition coefficient (Wildman–Crippen LogP) is 9.62. The molecule has 196 valence electrons. The molecule has 6 aromatic rings. The zero-order valence-corrected chi connectivity index (χ0v) is 23.1. The van der Waals surface area contributed by atoms with E-state index in [1.54, 1.807) is 0 Å². The lowest BCUT2D eigenvalue weighted by molar-refractivity contribution is 0.103. The number of rotatable bonds is 4. The van der Waals surface area contributed by atoms with Gasteiger partial charge in [-0.15, -0.1) is 0 Å².